The molecule has 6 rings (SSSR count). The molecular weight excluding hydrogens is 467 g/mol. The van der Waals surface area contributed by atoms with Gasteiger partial charge in [-0.15, -0.1) is 0 Å². The summed E-state index contributed by atoms with van der Waals surface area (Å²) in [6.07, 6.45) is 1.49. The van der Waals surface area contributed by atoms with Crippen LogP contribution in [0.4, 0.5) is 9.18 Å². The van der Waals surface area contributed by atoms with Gasteiger partial charge in [0.25, 0.3) is 0 Å². The highest BCUT2D eigenvalue weighted by atomic mass is 35.5. The molecule has 4 aliphatic rings. The molecule has 35 heavy (non-hydrogen) atoms. The van der Waals surface area contributed by atoms with Gasteiger partial charge in [0.05, 0.1) is 17.2 Å². The molecule has 2 atom stereocenters. The van der Waals surface area contributed by atoms with Crippen molar-refractivity contribution in [2.45, 2.75) is 65.1 Å². The Morgan fingerprint density at radius 1 is 1.20 bits per heavy atom. The van der Waals surface area contributed by atoms with Crippen LogP contribution in [0.2, 0.25) is 5.02 Å². The number of carbonyl (C=O) groups is 1. The number of halogens is 2. The molecule has 3 saturated heterocycles. The summed E-state index contributed by atoms with van der Waals surface area (Å²) < 4.78 is 21.3. The average Bonchev–Trinajstić information content (AvgIpc) is 3.03. The van der Waals surface area contributed by atoms with Gasteiger partial charge in [0.2, 0.25) is 0 Å². The first-order valence-corrected chi connectivity index (χ1v) is 12.9. The molecule has 3 heterocycles. The molecule has 5 nitrogen and oxygen atoms in total. The maximum Gasteiger partial charge on any atom is 0.137 e. The van der Waals surface area contributed by atoms with Crippen LogP contribution in [0, 0.1) is 17.2 Å². The van der Waals surface area contributed by atoms with Gasteiger partial charge < -0.3 is 24.4 Å². The topological polar surface area (TPSA) is 55.8 Å². The molecule has 0 N–H and O–H groups in total. The first kappa shape index (κ1) is 24.4. The SMILES string of the molecule is CC(C)Oc1ccc(-c2cc3c(cc2F)[C@H](N(C(=O)[O-])[C@@H]2CN4CCC2CC4)C(C)(C)C3)c(Cl)c1. The van der Waals surface area contributed by atoms with Crippen molar-refractivity contribution in [1.29, 1.82) is 0 Å². The van der Waals surface area contributed by atoms with Crippen LogP contribution in [0.25, 0.3) is 11.1 Å². The van der Waals surface area contributed by atoms with Gasteiger partial charge in [-0.25, -0.2) is 4.39 Å². The molecule has 7 heteroatoms. The average molecular weight is 500 g/mol. The summed E-state index contributed by atoms with van der Waals surface area (Å²) in [5.41, 5.74) is 2.33. The predicted octanol–water partition coefficient (Wildman–Crippen LogP) is 5.30. The molecule has 0 spiro atoms. The molecule has 188 valence electrons. The van der Waals surface area contributed by atoms with Gasteiger partial charge >= 0.3 is 0 Å². The van der Waals surface area contributed by atoms with E-state index in [2.05, 4.69) is 18.7 Å². The Kier molecular flexibility index (Phi) is 6.25. The second kappa shape index (κ2) is 8.97. The summed E-state index contributed by atoms with van der Waals surface area (Å²) in [5, 5.41) is 13.0. The first-order valence-electron chi connectivity index (χ1n) is 12.6. The zero-order chi connectivity index (χ0) is 25.1. The molecular formula is C28H33ClFN2O3-. The van der Waals surface area contributed by atoms with Gasteiger partial charge in [0.15, 0.2) is 0 Å². The van der Waals surface area contributed by atoms with Crippen molar-refractivity contribution in [3.8, 4) is 16.9 Å². The van der Waals surface area contributed by atoms with Crippen LogP contribution in [0.3, 0.4) is 0 Å². The highest BCUT2D eigenvalue weighted by Crippen LogP contribution is 2.52. The standard InChI is InChI=1S/C28H34ClFN2O3/c1-16(2)35-19-5-6-20(23(29)12-19)22-11-18-14-28(3,4)26(21(18)13-24(22)30)32(27(33)34)25-15-31-9-7-17(25)8-10-31/h5-6,11-13,16-17,25-26H,7-10,14-15H2,1-4H3,(H,33,34)/p-1/t25-,26+/m1/s1. The Bertz CT molecular complexity index is 1140. The number of amides is 1. The number of hydrogen-bond donors (Lipinski definition) is 0. The lowest BCUT2D eigenvalue weighted by Crippen LogP contribution is -2.62. The second-order valence-corrected chi connectivity index (χ2v) is 11.7. The highest BCUT2D eigenvalue weighted by molar-refractivity contribution is 6.33. The number of fused-ring (bicyclic) bond motifs is 4. The van der Waals surface area contributed by atoms with E-state index in [-0.39, 0.29) is 12.1 Å². The minimum absolute atomic E-state index is 0.00987. The van der Waals surface area contributed by atoms with E-state index in [1.54, 1.807) is 23.1 Å². The quantitative estimate of drug-likeness (QED) is 0.560. The Morgan fingerprint density at radius 3 is 2.49 bits per heavy atom. The van der Waals surface area contributed by atoms with E-state index in [0.717, 1.165) is 43.6 Å². The van der Waals surface area contributed by atoms with Crippen LogP contribution >= 0.6 is 11.6 Å². The number of nitrogens with zero attached hydrogens (tertiary/aromatic N) is 2. The zero-order valence-corrected chi connectivity index (χ0v) is 21.6. The Morgan fingerprint density at radius 2 is 1.91 bits per heavy atom. The minimum atomic E-state index is -1.16. The Labute approximate surface area is 211 Å². The third kappa shape index (κ3) is 4.40. The van der Waals surface area contributed by atoms with Crippen LogP contribution in [0.15, 0.2) is 30.3 Å². The fourth-order valence-electron chi connectivity index (χ4n) is 6.52. The van der Waals surface area contributed by atoms with Crippen molar-refractivity contribution in [1.82, 2.24) is 9.80 Å². The minimum Gasteiger partial charge on any atom is -0.530 e. The largest absolute Gasteiger partial charge is 0.530 e. The van der Waals surface area contributed by atoms with Crippen molar-refractivity contribution >= 4 is 17.7 Å². The first-order chi connectivity index (χ1) is 16.5. The Balaban J connectivity index is 1.53. The summed E-state index contributed by atoms with van der Waals surface area (Å²) in [5.74, 6) is 0.559. The number of ether oxygens (including phenoxy) is 1. The summed E-state index contributed by atoms with van der Waals surface area (Å²) >= 11 is 6.54. The zero-order valence-electron chi connectivity index (χ0n) is 20.8. The summed E-state index contributed by atoms with van der Waals surface area (Å²) in [6, 6.07) is 8.09. The molecule has 0 unspecified atom stereocenters. The number of carboxylic acid groups (broad SMARTS) is 1. The monoisotopic (exact) mass is 499 g/mol. The fraction of sp³-hybridized carbons (Fsp3) is 0.536. The smallest absolute Gasteiger partial charge is 0.137 e. The maximum absolute atomic E-state index is 15.6. The predicted molar refractivity (Wildman–Crippen MR) is 133 cm³/mol. The lowest BCUT2D eigenvalue weighted by Gasteiger charge is -2.53. The van der Waals surface area contributed by atoms with Gasteiger partial charge in [0, 0.05) is 23.7 Å². The summed E-state index contributed by atoms with van der Waals surface area (Å²) in [6.45, 7) is 10.8. The van der Waals surface area contributed by atoms with Gasteiger partial charge in [-0.2, -0.15) is 0 Å². The molecule has 2 aromatic rings. The molecule has 3 aliphatic heterocycles. The van der Waals surface area contributed by atoms with Gasteiger partial charge in [-0.05, 0) is 99.0 Å². The Hall–Kier alpha value is -2.31. The molecule has 1 amide bonds. The lowest BCUT2D eigenvalue weighted by atomic mass is 9.79. The van der Waals surface area contributed by atoms with E-state index in [4.69, 9.17) is 16.3 Å². The third-order valence-electron chi connectivity index (χ3n) is 7.98. The van der Waals surface area contributed by atoms with E-state index in [9.17, 15) is 9.90 Å². The van der Waals surface area contributed by atoms with Crippen LogP contribution in [0.5, 0.6) is 5.75 Å². The number of rotatable bonds is 5. The van der Waals surface area contributed by atoms with Gasteiger partial charge in [-0.1, -0.05) is 25.4 Å². The molecule has 1 aliphatic carbocycles. The number of piperidine rings is 3. The number of benzene rings is 2. The highest BCUT2D eigenvalue weighted by Gasteiger charge is 2.48. The van der Waals surface area contributed by atoms with E-state index >= 15 is 4.39 Å². The number of hydrogen-bond acceptors (Lipinski definition) is 4. The van der Waals surface area contributed by atoms with Crippen molar-refractivity contribution in [3.63, 3.8) is 0 Å². The molecule has 2 bridgehead atoms. The normalized spacial score (nSPS) is 26.6. The van der Waals surface area contributed by atoms with Crippen molar-refractivity contribution in [3.05, 3.63) is 52.3 Å². The van der Waals surface area contributed by atoms with Crippen molar-refractivity contribution < 1.29 is 19.0 Å². The van der Waals surface area contributed by atoms with Crippen LogP contribution in [-0.2, 0) is 6.42 Å². The lowest BCUT2D eigenvalue weighted by molar-refractivity contribution is -0.276. The second-order valence-electron chi connectivity index (χ2n) is 11.3. The fourth-order valence-corrected chi connectivity index (χ4v) is 6.80. The molecule has 0 aromatic heterocycles. The van der Waals surface area contributed by atoms with E-state index < -0.39 is 23.4 Å². The van der Waals surface area contributed by atoms with E-state index in [1.807, 2.05) is 19.9 Å². The van der Waals surface area contributed by atoms with Crippen molar-refractivity contribution in [2.75, 3.05) is 19.6 Å². The molecule has 0 radical (unpaired) electrons. The van der Waals surface area contributed by atoms with Crippen LogP contribution in [0.1, 0.15) is 57.7 Å². The third-order valence-corrected chi connectivity index (χ3v) is 8.29. The van der Waals surface area contributed by atoms with Crippen LogP contribution < -0.4 is 9.84 Å². The summed E-state index contributed by atoms with van der Waals surface area (Å²) in [7, 11) is 0. The van der Waals surface area contributed by atoms with Gasteiger partial charge in [0.1, 0.15) is 17.7 Å². The van der Waals surface area contributed by atoms with Crippen molar-refractivity contribution in [2.24, 2.45) is 11.3 Å². The molecule has 3 fully saturated rings. The molecule has 0 saturated carbocycles. The summed E-state index contributed by atoms with van der Waals surface area (Å²) in [4.78, 5) is 16.4. The van der Waals surface area contributed by atoms with E-state index in [1.165, 1.54) is 6.07 Å². The molecule has 2 aromatic carbocycles. The number of carbonyl (C=O) groups excluding carboxylic acids is 1. The van der Waals surface area contributed by atoms with Gasteiger partial charge in [-0.3, -0.25) is 0 Å². The van der Waals surface area contributed by atoms with Crippen LogP contribution in [-0.4, -0.2) is 47.7 Å². The maximum atomic E-state index is 15.6. The van der Waals surface area contributed by atoms with E-state index in [0.29, 0.717) is 34.2 Å².